The van der Waals surface area contributed by atoms with Crippen LogP contribution in [0.1, 0.15) is 11.1 Å². The van der Waals surface area contributed by atoms with Gasteiger partial charge < -0.3 is 0 Å². The Morgan fingerprint density at radius 2 is 0.938 bits per heavy atom. The third-order valence-electron chi connectivity index (χ3n) is 9.13. The van der Waals surface area contributed by atoms with E-state index in [-0.39, 0.29) is 0 Å². The molecular weight excluding hydrogens is 621 g/mol. The first kappa shape index (κ1) is 28.2. The Hall–Kier alpha value is -6.04. The van der Waals surface area contributed by atoms with Gasteiger partial charge in [-0.3, -0.25) is 0 Å². The van der Waals surface area contributed by atoms with Crippen molar-refractivity contribution in [3.05, 3.63) is 157 Å². The lowest BCUT2D eigenvalue weighted by atomic mass is 9.87. The van der Waals surface area contributed by atoms with Crippen molar-refractivity contribution in [3.8, 4) is 56.6 Å². The number of fused-ring (bicyclic) bond motifs is 6. The number of rotatable bonds is 4. The van der Waals surface area contributed by atoms with Gasteiger partial charge in [-0.1, -0.05) is 72.8 Å². The first-order valence-electron chi connectivity index (χ1n) is 15.7. The van der Waals surface area contributed by atoms with Crippen LogP contribution in [0.2, 0.25) is 0 Å². The minimum atomic E-state index is 0.586. The lowest BCUT2D eigenvalue weighted by Gasteiger charge is -2.16. The number of thiophene rings is 2. The summed E-state index contributed by atoms with van der Waals surface area (Å²) in [6.45, 7) is 0. The van der Waals surface area contributed by atoms with Crippen molar-refractivity contribution in [1.29, 1.82) is 10.5 Å². The third-order valence-corrected chi connectivity index (χ3v) is 11.4. The molecule has 4 heteroatoms. The Kier molecular flexibility index (Phi) is 6.66. The minimum absolute atomic E-state index is 0.586. The van der Waals surface area contributed by atoms with E-state index in [1.807, 2.05) is 65.1 Å². The van der Waals surface area contributed by atoms with E-state index in [9.17, 15) is 10.5 Å². The summed E-state index contributed by atoms with van der Waals surface area (Å²) in [5.41, 5.74) is 9.25. The molecule has 0 aliphatic carbocycles. The smallest absolute Gasteiger partial charge is 0.0998 e. The van der Waals surface area contributed by atoms with E-state index in [0.717, 1.165) is 44.5 Å². The SMILES string of the molecule is N#Cc1cccc(-c2cccc(C#N)c2-c2cc(-c3ccc4sc5ccccc5c4c3)cc(-c3ccc4sc5ccccc5c4c3)c2)c1. The van der Waals surface area contributed by atoms with Crippen molar-refractivity contribution >= 4 is 63.0 Å². The van der Waals surface area contributed by atoms with Crippen LogP contribution in [0.3, 0.4) is 0 Å². The molecule has 9 aromatic rings. The highest BCUT2D eigenvalue weighted by atomic mass is 32.1. The Bertz CT molecular complexity index is 2690. The van der Waals surface area contributed by atoms with Crippen molar-refractivity contribution in [2.24, 2.45) is 0 Å². The van der Waals surface area contributed by atoms with Crippen LogP contribution >= 0.6 is 22.7 Å². The summed E-state index contributed by atoms with van der Waals surface area (Å²) < 4.78 is 5.09. The number of hydrogen-bond acceptors (Lipinski definition) is 4. The predicted octanol–water partition coefficient (Wildman–Crippen LogP) is 12.8. The molecule has 0 fully saturated rings. The molecule has 2 nitrogen and oxygen atoms in total. The van der Waals surface area contributed by atoms with Gasteiger partial charge in [-0.2, -0.15) is 10.5 Å². The second kappa shape index (κ2) is 11.3. The zero-order valence-electron chi connectivity index (χ0n) is 25.6. The predicted molar refractivity (Wildman–Crippen MR) is 203 cm³/mol. The summed E-state index contributed by atoms with van der Waals surface area (Å²) in [5, 5.41) is 25.1. The molecular formula is C44H24N2S2. The first-order valence-corrected chi connectivity index (χ1v) is 17.3. The molecule has 0 aliphatic heterocycles. The molecule has 0 spiro atoms. The van der Waals surface area contributed by atoms with E-state index >= 15 is 0 Å². The second-order valence-corrected chi connectivity index (χ2v) is 14.1. The van der Waals surface area contributed by atoms with Crippen LogP contribution in [0.4, 0.5) is 0 Å². The van der Waals surface area contributed by atoms with Gasteiger partial charge in [0.25, 0.3) is 0 Å². The van der Waals surface area contributed by atoms with Crippen LogP contribution in [0.15, 0.2) is 146 Å². The molecule has 48 heavy (non-hydrogen) atoms. The van der Waals surface area contributed by atoms with Gasteiger partial charge in [0.2, 0.25) is 0 Å². The quantitative estimate of drug-likeness (QED) is 0.191. The van der Waals surface area contributed by atoms with Gasteiger partial charge in [-0.05, 0) is 112 Å². The molecule has 0 radical (unpaired) electrons. The molecule has 0 N–H and O–H groups in total. The summed E-state index contributed by atoms with van der Waals surface area (Å²) in [4.78, 5) is 0. The van der Waals surface area contributed by atoms with Gasteiger partial charge in [0.05, 0.1) is 23.3 Å². The number of hydrogen-bond donors (Lipinski definition) is 0. The van der Waals surface area contributed by atoms with Crippen molar-refractivity contribution in [2.45, 2.75) is 0 Å². The maximum Gasteiger partial charge on any atom is 0.0998 e. The summed E-state index contributed by atoms with van der Waals surface area (Å²) in [5.74, 6) is 0. The molecule has 2 heterocycles. The Morgan fingerprint density at radius 3 is 1.54 bits per heavy atom. The summed E-state index contributed by atoms with van der Waals surface area (Å²) >= 11 is 3.64. The fourth-order valence-electron chi connectivity index (χ4n) is 6.87. The monoisotopic (exact) mass is 644 g/mol. The van der Waals surface area contributed by atoms with Crippen LogP contribution < -0.4 is 0 Å². The molecule has 0 bridgehead atoms. The van der Waals surface area contributed by atoms with Crippen molar-refractivity contribution < 1.29 is 0 Å². The van der Waals surface area contributed by atoms with Crippen LogP contribution in [0.5, 0.6) is 0 Å². The van der Waals surface area contributed by atoms with Crippen LogP contribution in [0, 0.1) is 22.7 Å². The molecule has 222 valence electrons. The highest BCUT2D eigenvalue weighted by molar-refractivity contribution is 7.26. The van der Waals surface area contributed by atoms with E-state index in [1.165, 1.54) is 40.3 Å². The molecule has 0 atom stereocenters. The maximum atomic E-state index is 10.4. The number of benzene rings is 7. The second-order valence-electron chi connectivity index (χ2n) is 11.9. The highest BCUT2D eigenvalue weighted by Crippen LogP contribution is 2.43. The average Bonchev–Trinajstić information content (AvgIpc) is 3.72. The fraction of sp³-hybridized carbons (Fsp3) is 0. The van der Waals surface area contributed by atoms with E-state index in [4.69, 9.17) is 0 Å². The molecule has 2 aromatic heterocycles. The normalized spacial score (nSPS) is 11.3. The molecule has 0 saturated heterocycles. The molecule has 0 saturated carbocycles. The molecule has 9 rings (SSSR count). The largest absolute Gasteiger partial charge is 0.192 e. The van der Waals surface area contributed by atoms with Crippen LogP contribution in [0.25, 0.3) is 84.9 Å². The van der Waals surface area contributed by atoms with Gasteiger partial charge in [0.15, 0.2) is 0 Å². The molecule has 7 aromatic carbocycles. The third kappa shape index (κ3) is 4.67. The molecule has 0 aliphatic rings. The summed E-state index contributed by atoms with van der Waals surface area (Å²) in [6.07, 6.45) is 0. The topological polar surface area (TPSA) is 47.6 Å². The van der Waals surface area contributed by atoms with Gasteiger partial charge in [0, 0.05) is 45.9 Å². The Labute approximate surface area is 285 Å². The van der Waals surface area contributed by atoms with Gasteiger partial charge in [0.1, 0.15) is 0 Å². The molecule has 0 unspecified atom stereocenters. The average molecular weight is 645 g/mol. The Balaban J connectivity index is 1.32. The van der Waals surface area contributed by atoms with Gasteiger partial charge >= 0.3 is 0 Å². The van der Waals surface area contributed by atoms with Crippen LogP contribution in [-0.2, 0) is 0 Å². The van der Waals surface area contributed by atoms with Crippen molar-refractivity contribution in [1.82, 2.24) is 0 Å². The zero-order valence-corrected chi connectivity index (χ0v) is 27.2. The Morgan fingerprint density at radius 1 is 0.375 bits per heavy atom. The number of nitrogens with zero attached hydrogens (tertiary/aromatic N) is 2. The fourth-order valence-corrected chi connectivity index (χ4v) is 9.04. The van der Waals surface area contributed by atoms with Gasteiger partial charge in [-0.15, -0.1) is 22.7 Å². The molecule has 0 amide bonds. The number of nitriles is 2. The van der Waals surface area contributed by atoms with E-state index in [2.05, 4.69) is 115 Å². The van der Waals surface area contributed by atoms with Gasteiger partial charge in [-0.25, -0.2) is 0 Å². The standard InChI is InChI=1S/C44H24N2S2/c45-25-27-7-5-8-30(19-27)35-12-6-9-31(26-46)44(35)34-21-32(28-15-17-42-38(23-28)36-10-1-3-13-40(36)47-42)20-33(22-34)29-16-18-43-39(24-29)37-11-2-4-14-41(37)48-43/h1-24H. The summed E-state index contributed by atoms with van der Waals surface area (Å²) in [6, 6.07) is 55.6. The van der Waals surface area contributed by atoms with E-state index in [0.29, 0.717) is 11.1 Å². The lowest BCUT2D eigenvalue weighted by Crippen LogP contribution is -1.93. The van der Waals surface area contributed by atoms with Crippen molar-refractivity contribution in [3.63, 3.8) is 0 Å². The van der Waals surface area contributed by atoms with E-state index < -0.39 is 0 Å². The zero-order chi connectivity index (χ0) is 32.2. The maximum absolute atomic E-state index is 10.4. The summed E-state index contributed by atoms with van der Waals surface area (Å²) in [7, 11) is 0. The first-order chi connectivity index (χ1) is 23.7. The van der Waals surface area contributed by atoms with Crippen LogP contribution in [-0.4, -0.2) is 0 Å². The lowest BCUT2D eigenvalue weighted by molar-refractivity contribution is 1.46. The minimum Gasteiger partial charge on any atom is -0.192 e. The highest BCUT2D eigenvalue weighted by Gasteiger charge is 2.17. The van der Waals surface area contributed by atoms with Crippen molar-refractivity contribution in [2.75, 3.05) is 0 Å². The van der Waals surface area contributed by atoms with E-state index in [1.54, 1.807) is 0 Å².